The molecule has 1 fully saturated rings. The average Bonchev–Trinajstić information content (AvgIpc) is 2.35. The van der Waals surface area contributed by atoms with Gasteiger partial charge >= 0.3 is 5.97 Å². The van der Waals surface area contributed by atoms with Gasteiger partial charge in [0.05, 0.1) is 5.92 Å². The Hall–Kier alpha value is -1.88. The zero-order chi connectivity index (χ0) is 13.4. The zero-order valence-electron chi connectivity index (χ0n) is 10.6. The number of nitrogens with one attached hydrogen (secondary N) is 1. The number of aliphatic carboxylic acids is 1. The van der Waals surface area contributed by atoms with Gasteiger partial charge in [-0.3, -0.25) is 9.59 Å². The Bertz CT molecular complexity index is 535. The maximum Gasteiger partial charge on any atom is 0.310 e. The molecule has 1 aromatic carbocycles. The van der Waals surface area contributed by atoms with E-state index in [1.807, 2.05) is 18.2 Å². The minimum Gasteiger partial charge on any atom is -0.481 e. The summed E-state index contributed by atoms with van der Waals surface area (Å²) in [4.78, 5) is 24.8. The van der Waals surface area contributed by atoms with Crippen molar-refractivity contribution in [2.75, 3.05) is 19.6 Å². The van der Waals surface area contributed by atoms with Gasteiger partial charge in [-0.15, -0.1) is 0 Å². The monoisotopic (exact) mass is 260 g/mol. The van der Waals surface area contributed by atoms with Gasteiger partial charge in [-0.05, 0) is 30.2 Å². The molecule has 2 heterocycles. The SMILES string of the molecule is O=C(O)C1CN(C(=O)c2cccc3c2CCNC3)C1. The topological polar surface area (TPSA) is 69.6 Å². The van der Waals surface area contributed by atoms with Crippen LogP contribution in [0.25, 0.3) is 0 Å². The van der Waals surface area contributed by atoms with E-state index in [1.165, 1.54) is 5.56 Å². The Labute approximate surface area is 111 Å². The molecule has 2 N–H and O–H groups in total. The van der Waals surface area contributed by atoms with E-state index in [4.69, 9.17) is 5.11 Å². The highest BCUT2D eigenvalue weighted by Gasteiger charge is 2.36. The molecule has 0 bridgehead atoms. The van der Waals surface area contributed by atoms with Gasteiger partial charge in [-0.25, -0.2) is 0 Å². The number of nitrogens with zero attached hydrogens (tertiary/aromatic N) is 1. The van der Waals surface area contributed by atoms with Crippen molar-refractivity contribution >= 4 is 11.9 Å². The molecule has 2 aliphatic heterocycles. The lowest BCUT2D eigenvalue weighted by molar-refractivity contribution is -0.146. The molecule has 0 aliphatic carbocycles. The maximum atomic E-state index is 12.4. The van der Waals surface area contributed by atoms with Crippen molar-refractivity contribution in [1.82, 2.24) is 10.2 Å². The van der Waals surface area contributed by atoms with Crippen molar-refractivity contribution < 1.29 is 14.7 Å². The summed E-state index contributed by atoms with van der Waals surface area (Å²) in [5, 5.41) is 12.1. The predicted octanol–water partition coefficient (Wildman–Crippen LogP) is 0.489. The van der Waals surface area contributed by atoms with Crippen LogP contribution < -0.4 is 5.32 Å². The van der Waals surface area contributed by atoms with E-state index in [-0.39, 0.29) is 5.91 Å². The van der Waals surface area contributed by atoms with Crippen LogP contribution in [0.1, 0.15) is 21.5 Å². The number of hydrogen-bond acceptors (Lipinski definition) is 3. The molecule has 0 unspecified atom stereocenters. The quantitative estimate of drug-likeness (QED) is 0.812. The highest BCUT2D eigenvalue weighted by molar-refractivity contribution is 5.97. The van der Waals surface area contributed by atoms with E-state index in [1.54, 1.807) is 4.90 Å². The molecular weight excluding hydrogens is 244 g/mol. The molecule has 19 heavy (non-hydrogen) atoms. The van der Waals surface area contributed by atoms with Crippen LogP contribution in [-0.2, 0) is 17.8 Å². The summed E-state index contributed by atoms with van der Waals surface area (Å²) in [7, 11) is 0. The number of hydrogen-bond donors (Lipinski definition) is 2. The molecule has 2 aliphatic rings. The van der Waals surface area contributed by atoms with Gasteiger partial charge in [0.15, 0.2) is 0 Å². The molecule has 0 atom stereocenters. The fourth-order valence-corrected chi connectivity index (χ4v) is 2.70. The molecule has 1 aromatic rings. The number of carboxylic acids is 1. The number of amides is 1. The van der Waals surface area contributed by atoms with Crippen LogP contribution in [-0.4, -0.2) is 41.5 Å². The minimum atomic E-state index is -0.816. The third kappa shape index (κ3) is 2.10. The summed E-state index contributed by atoms with van der Waals surface area (Å²) in [6, 6.07) is 5.78. The van der Waals surface area contributed by atoms with Crippen molar-refractivity contribution in [3.63, 3.8) is 0 Å². The standard InChI is InChI=1S/C14H16N2O3/c17-13(16-7-10(8-16)14(18)19)12-3-1-2-9-6-15-5-4-11(9)12/h1-3,10,15H,4-8H2,(H,18,19). The minimum absolute atomic E-state index is 0.0312. The Kier molecular flexibility index (Phi) is 2.98. The molecule has 3 rings (SSSR count). The summed E-state index contributed by atoms with van der Waals surface area (Å²) in [5.74, 6) is -1.25. The maximum absolute atomic E-state index is 12.4. The lowest BCUT2D eigenvalue weighted by Crippen LogP contribution is -2.53. The Balaban J connectivity index is 1.80. The molecular formula is C14H16N2O3. The van der Waals surface area contributed by atoms with Crippen molar-refractivity contribution in [3.8, 4) is 0 Å². The number of rotatable bonds is 2. The van der Waals surface area contributed by atoms with Crippen molar-refractivity contribution in [1.29, 1.82) is 0 Å². The normalized spacial score (nSPS) is 18.6. The summed E-state index contributed by atoms with van der Waals surface area (Å²) < 4.78 is 0. The van der Waals surface area contributed by atoms with E-state index in [0.717, 1.165) is 30.6 Å². The summed E-state index contributed by atoms with van der Waals surface area (Å²) in [6.45, 7) is 2.34. The summed E-state index contributed by atoms with van der Waals surface area (Å²) in [5.41, 5.74) is 3.03. The lowest BCUT2D eigenvalue weighted by Gasteiger charge is -2.37. The van der Waals surface area contributed by atoms with E-state index < -0.39 is 11.9 Å². The molecule has 1 saturated heterocycles. The fraction of sp³-hybridized carbons (Fsp3) is 0.429. The fourth-order valence-electron chi connectivity index (χ4n) is 2.70. The third-order valence-corrected chi connectivity index (χ3v) is 3.89. The first kappa shape index (κ1) is 12.2. The van der Waals surface area contributed by atoms with Gasteiger partial charge in [0.2, 0.25) is 0 Å². The first-order chi connectivity index (χ1) is 9.16. The van der Waals surface area contributed by atoms with Crippen molar-refractivity contribution in [3.05, 3.63) is 34.9 Å². The van der Waals surface area contributed by atoms with Gasteiger partial charge in [0, 0.05) is 25.2 Å². The second-order valence-corrected chi connectivity index (χ2v) is 5.12. The van der Waals surface area contributed by atoms with E-state index >= 15 is 0 Å². The van der Waals surface area contributed by atoms with Crippen LogP contribution in [0.2, 0.25) is 0 Å². The van der Waals surface area contributed by atoms with E-state index in [9.17, 15) is 9.59 Å². The van der Waals surface area contributed by atoms with Gasteiger partial charge in [-0.1, -0.05) is 12.1 Å². The highest BCUT2D eigenvalue weighted by atomic mass is 16.4. The van der Waals surface area contributed by atoms with E-state index in [2.05, 4.69) is 5.32 Å². The second-order valence-electron chi connectivity index (χ2n) is 5.12. The van der Waals surface area contributed by atoms with Crippen LogP contribution in [0.4, 0.5) is 0 Å². The van der Waals surface area contributed by atoms with Gasteiger partial charge < -0.3 is 15.3 Å². The number of likely N-dealkylation sites (tertiary alicyclic amines) is 1. The molecule has 0 radical (unpaired) electrons. The highest BCUT2D eigenvalue weighted by Crippen LogP contribution is 2.24. The zero-order valence-corrected chi connectivity index (χ0v) is 10.6. The van der Waals surface area contributed by atoms with Crippen LogP contribution in [0.5, 0.6) is 0 Å². The molecule has 0 saturated carbocycles. The molecule has 5 nitrogen and oxygen atoms in total. The molecule has 5 heteroatoms. The number of fused-ring (bicyclic) bond motifs is 1. The van der Waals surface area contributed by atoms with Crippen LogP contribution in [0, 0.1) is 5.92 Å². The third-order valence-electron chi connectivity index (χ3n) is 3.89. The number of carbonyl (C=O) groups is 2. The molecule has 0 spiro atoms. The van der Waals surface area contributed by atoms with Crippen molar-refractivity contribution in [2.45, 2.75) is 13.0 Å². The molecule has 100 valence electrons. The predicted molar refractivity (Wildman–Crippen MR) is 68.9 cm³/mol. The Morgan fingerprint density at radius 1 is 1.32 bits per heavy atom. The van der Waals surface area contributed by atoms with Crippen LogP contribution in [0.15, 0.2) is 18.2 Å². The number of carboxylic acid groups (broad SMARTS) is 1. The number of carbonyl (C=O) groups excluding carboxylic acids is 1. The largest absolute Gasteiger partial charge is 0.481 e. The van der Waals surface area contributed by atoms with E-state index in [0.29, 0.717) is 13.1 Å². The Morgan fingerprint density at radius 3 is 2.84 bits per heavy atom. The van der Waals surface area contributed by atoms with Crippen LogP contribution >= 0.6 is 0 Å². The first-order valence-electron chi connectivity index (χ1n) is 6.50. The average molecular weight is 260 g/mol. The smallest absolute Gasteiger partial charge is 0.310 e. The summed E-state index contributed by atoms with van der Waals surface area (Å²) in [6.07, 6.45) is 0.855. The van der Waals surface area contributed by atoms with Gasteiger partial charge in [-0.2, -0.15) is 0 Å². The first-order valence-corrected chi connectivity index (χ1v) is 6.50. The Morgan fingerprint density at radius 2 is 2.11 bits per heavy atom. The number of benzene rings is 1. The van der Waals surface area contributed by atoms with Gasteiger partial charge in [0.25, 0.3) is 5.91 Å². The molecule has 1 amide bonds. The second kappa shape index (κ2) is 4.66. The lowest BCUT2D eigenvalue weighted by atomic mass is 9.92. The van der Waals surface area contributed by atoms with Gasteiger partial charge in [0.1, 0.15) is 0 Å². The summed E-state index contributed by atoms with van der Waals surface area (Å²) >= 11 is 0. The van der Waals surface area contributed by atoms with Crippen LogP contribution in [0.3, 0.4) is 0 Å². The van der Waals surface area contributed by atoms with Crippen molar-refractivity contribution in [2.24, 2.45) is 5.92 Å². The molecule has 0 aromatic heterocycles.